The van der Waals surface area contributed by atoms with Crippen molar-refractivity contribution in [3.8, 4) is 11.3 Å². The van der Waals surface area contributed by atoms with Gasteiger partial charge in [0.1, 0.15) is 28.9 Å². The lowest BCUT2D eigenvalue weighted by atomic mass is 9.94. The molecule has 1 amide bonds. The fourth-order valence-corrected chi connectivity index (χ4v) is 4.77. The van der Waals surface area contributed by atoms with Crippen molar-refractivity contribution >= 4 is 39.1 Å². The Hall–Kier alpha value is -3.55. The average Bonchev–Trinajstić information content (AvgIpc) is 3.43. The van der Waals surface area contributed by atoms with Gasteiger partial charge in [-0.2, -0.15) is 3.97 Å². The molecule has 4 aromatic rings. The lowest BCUT2D eigenvalue weighted by molar-refractivity contribution is 0.0964. The molecule has 7 heteroatoms. The van der Waals surface area contributed by atoms with E-state index in [0.717, 1.165) is 16.5 Å². The quantitative estimate of drug-likeness (QED) is 0.259. The number of benzene rings is 2. The van der Waals surface area contributed by atoms with E-state index < -0.39 is 11.4 Å². The highest BCUT2D eigenvalue weighted by molar-refractivity contribution is 7.89. The number of halogens is 1. The summed E-state index contributed by atoms with van der Waals surface area (Å²) in [6.45, 7) is 5.71. The number of hydrogen-bond donors (Lipinski definition) is 1. The second-order valence-electron chi connectivity index (χ2n) is 7.86. The first-order valence-electron chi connectivity index (χ1n) is 10.8. The molecule has 2 aromatic heterocycles. The number of furan rings is 1. The van der Waals surface area contributed by atoms with E-state index in [1.165, 1.54) is 12.1 Å². The van der Waals surface area contributed by atoms with Crippen LogP contribution in [-0.2, 0) is 11.4 Å². The van der Waals surface area contributed by atoms with Gasteiger partial charge in [-0.25, -0.2) is 4.39 Å². The first kappa shape index (κ1) is 23.6. The molecule has 2 aromatic carbocycles. The van der Waals surface area contributed by atoms with Gasteiger partial charge in [-0.3, -0.25) is 4.79 Å². The number of aromatic nitrogens is 1. The highest BCUT2D eigenvalue weighted by Crippen LogP contribution is 2.41. The Labute approximate surface area is 200 Å². The Morgan fingerprint density at radius 1 is 1.21 bits per heavy atom. The molecule has 0 aliphatic carbocycles. The maximum absolute atomic E-state index is 13.6. The van der Waals surface area contributed by atoms with Crippen molar-refractivity contribution in [2.45, 2.75) is 12.8 Å². The van der Waals surface area contributed by atoms with Crippen LogP contribution in [0.5, 0.6) is 0 Å². The molecule has 0 radical (unpaired) electrons. The van der Waals surface area contributed by atoms with Gasteiger partial charge in [0.15, 0.2) is 0 Å². The number of nitrogens with one attached hydrogen (secondary N) is 1. The van der Waals surface area contributed by atoms with Crippen molar-refractivity contribution in [2.75, 3.05) is 13.3 Å². The van der Waals surface area contributed by atoms with Gasteiger partial charge in [-0.15, -0.1) is 0 Å². The second-order valence-corrected chi connectivity index (χ2v) is 9.10. The van der Waals surface area contributed by atoms with Gasteiger partial charge in [0.25, 0.3) is 5.91 Å². The van der Waals surface area contributed by atoms with E-state index in [9.17, 15) is 13.7 Å². The highest BCUT2D eigenvalue weighted by Gasteiger charge is 2.27. The molecular formula is C27H25FN2O3S. The third kappa shape index (κ3) is 4.20. The number of carbonyl (C=O) groups excluding carboxylic acids is 1. The SMILES string of the molecule is C=C/C=C\C=C/C(C)c1cc2c(C(=O)NC)c(-c3ccc(F)cc3)oc2c2ccn([S+](C)[O-])c12. The minimum atomic E-state index is -1.30. The molecule has 0 aliphatic rings. The van der Waals surface area contributed by atoms with Crippen molar-refractivity contribution < 1.29 is 18.2 Å². The van der Waals surface area contributed by atoms with Gasteiger partial charge >= 0.3 is 0 Å². The zero-order valence-corrected chi connectivity index (χ0v) is 20.0. The largest absolute Gasteiger partial charge is 0.593 e. The molecule has 0 aliphatic heterocycles. The maximum Gasteiger partial charge on any atom is 0.255 e. The molecule has 2 heterocycles. The molecule has 1 N–H and O–H groups in total. The molecular weight excluding hydrogens is 451 g/mol. The lowest BCUT2D eigenvalue weighted by Gasteiger charge is -2.14. The van der Waals surface area contributed by atoms with Gasteiger partial charge in [-0.05, 0) is 42.0 Å². The molecule has 5 nitrogen and oxygen atoms in total. The Morgan fingerprint density at radius 2 is 1.94 bits per heavy atom. The molecule has 174 valence electrons. The monoisotopic (exact) mass is 476 g/mol. The fraction of sp³-hybridized carbons (Fsp3) is 0.148. The summed E-state index contributed by atoms with van der Waals surface area (Å²) >= 11 is -1.30. The van der Waals surface area contributed by atoms with Crippen LogP contribution in [0.1, 0.15) is 28.8 Å². The van der Waals surface area contributed by atoms with Crippen molar-refractivity contribution in [1.82, 2.24) is 9.29 Å². The summed E-state index contributed by atoms with van der Waals surface area (Å²) in [5.41, 5.74) is 3.17. The van der Waals surface area contributed by atoms with Crippen LogP contribution in [-0.4, -0.2) is 27.7 Å². The van der Waals surface area contributed by atoms with E-state index in [4.69, 9.17) is 4.42 Å². The van der Waals surface area contributed by atoms with E-state index in [2.05, 4.69) is 11.9 Å². The van der Waals surface area contributed by atoms with E-state index in [-0.39, 0.29) is 17.6 Å². The highest BCUT2D eigenvalue weighted by atomic mass is 32.2. The van der Waals surface area contributed by atoms with Crippen LogP contribution in [0, 0.1) is 5.82 Å². The number of rotatable bonds is 7. The van der Waals surface area contributed by atoms with Crippen LogP contribution in [0.2, 0.25) is 0 Å². The summed E-state index contributed by atoms with van der Waals surface area (Å²) in [4.78, 5) is 13.0. The van der Waals surface area contributed by atoms with Gasteiger partial charge in [0.05, 0.1) is 23.1 Å². The lowest BCUT2D eigenvalue weighted by Crippen LogP contribution is -2.18. The predicted molar refractivity (Wildman–Crippen MR) is 137 cm³/mol. The average molecular weight is 477 g/mol. The zero-order valence-electron chi connectivity index (χ0n) is 19.2. The van der Waals surface area contributed by atoms with Crippen LogP contribution >= 0.6 is 0 Å². The molecule has 2 atom stereocenters. The summed E-state index contributed by atoms with van der Waals surface area (Å²) in [7, 11) is 1.56. The molecule has 34 heavy (non-hydrogen) atoms. The molecule has 0 bridgehead atoms. The Balaban J connectivity index is 2.06. The van der Waals surface area contributed by atoms with Crippen LogP contribution in [0.25, 0.3) is 33.2 Å². The molecule has 0 saturated heterocycles. The zero-order chi connectivity index (χ0) is 24.4. The van der Waals surface area contributed by atoms with Gasteiger partial charge < -0.3 is 14.3 Å². The minimum absolute atomic E-state index is 0.0553. The van der Waals surface area contributed by atoms with Crippen molar-refractivity contribution in [1.29, 1.82) is 0 Å². The van der Waals surface area contributed by atoms with Crippen LogP contribution in [0.15, 0.2) is 84.0 Å². The Bertz CT molecular complexity index is 1430. The second kappa shape index (κ2) is 9.75. The molecule has 0 saturated carbocycles. The summed E-state index contributed by atoms with van der Waals surface area (Å²) in [5.74, 6) is -0.380. The Morgan fingerprint density at radius 3 is 2.59 bits per heavy atom. The third-order valence-electron chi connectivity index (χ3n) is 5.70. The van der Waals surface area contributed by atoms with Crippen LogP contribution in [0.3, 0.4) is 0 Å². The number of allylic oxidation sites excluding steroid dienone is 5. The fourth-order valence-electron chi connectivity index (χ4n) is 4.08. The maximum atomic E-state index is 13.6. The van der Waals surface area contributed by atoms with Crippen molar-refractivity contribution in [3.05, 3.63) is 96.5 Å². The van der Waals surface area contributed by atoms with Gasteiger partial charge in [0, 0.05) is 29.3 Å². The number of amides is 1. The standard InChI is InChI=1S/C27H25FN2O3S/c1-5-6-7-8-9-17(2)21-16-22-23(27(31)29-3)25(18-10-12-19(28)13-11-18)33-26(22)20-14-15-30(24(20)21)34(4)32/h5-17H,1H2,2-4H3,(H,29,31)/b7-6-,9-8-. The number of hydrogen-bond acceptors (Lipinski definition) is 3. The van der Waals surface area contributed by atoms with Crippen molar-refractivity contribution in [3.63, 3.8) is 0 Å². The molecule has 2 unspecified atom stereocenters. The van der Waals surface area contributed by atoms with Gasteiger partial charge in [0.2, 0.25) is 0 Å². The first-order chi connectivity index (χ1) is 16.4. The first-order valence-corrected chi connectivity index (χ1v) is 12.3. The summed E-state index contributed by atoms with van der Waals surface area (Å²) in [6, 6.07) is 9.61. The molecule has 0 spiro atoms. The van der Waals surface area contributed by atoms with Gasteiger partial charge in [-0.1, -0.05) is 43.9 Å². The van der Waals surface area contributed by atoms with E-state index >= 15 is 0 Å². The van der Waals surface area contributed by atoms with Crippen LogP contribution in [0.4, 0.5) is 4.39 Å². The van der Waals surface area contributed by atoms with Crippen LogP contribution < -0.4 is 5.32 Å². The summed E-state index contributed by atoms with van der Waals surface area (Å²) < 4.78 is 34.0. The summed E-state index contributed by atoms with van der Waals surface area (Å²) in [5, 5.41) is 4.08. The normalized spacial score (nSPS) is 13.8. The molecule has 0 fully saturated rings. The molecule has 4 rings (SSSR count). The number of carbonyl (C=O) groups is 1. The topological polar surface area (TPSA) is 70.2 Å². The minimum Gasteiger partial charge on any atom is -0.593 e. The van der Waals surface area contributed by atoms with E-state index in [1.807, 2.05) is 43.4 Å². The van der Waals surface area contributed by atoms with Crippen molar-refractivity contribution in [2.24, 2.45) is 0 Å². The Kier molecular flexibility index (Phi) is 6.77. The van der Waals surface area contributed by atoms with E-state index in [1.54, 1.807) is 41.7 Å². The number of nitrogens with zero attached hydrogens (tertiary/aromatic N) is 1. The predicted octanol–water partition coefficient (Wildman–Crippen LogP) is 6.10. The van der Waals surface area contributed by atoms with E-state index in [0.29, 0.717) is 27.9 Å². The summed E-state index contributed by atoms with van der Waals surface area (Å²) in [6.07, 6.45) is 12.7. The number of fused-ring (bicyclic) bond motifs is 3. The smallest absolute Gasteiger partial charge is 0.255 e. The third-order valence-corrected chi connectivity index (χ3v) is 6.56.